The van der Waals surface area contributed by atoms with E-state index in [4.69, 9.17) is 5.73 Å². The Morgan fingerprint density at radius 2 is 0.969 bits per heavy atom. The Hall–Kier alpha value is -7.46. The molecule has 5 rings (SSSR count). The van der Waals surface area contributed by atoms with Crippen LogP contribution in [-0.2, 0) is 44.8 Å². The zero-order valence-electron chi connectivity index (χ0n) is 37.6. The van der Waals surface area contributed by atoms with Gasteiger partial charge < -0.3 is 70.7 Å². The smallest absolute Gasteiger partial charge is 0.287 e. The maximum absolute atomic E-state index is 13.4. The van der Waals surface area contributed by atoms with Crippen LogP contribution in [0.3, 0.4) is 0 Å². The third kappa shape index (κ3) is 13.8. The molecule has 65 heavy (non-hydrogen) atoms. The first kappa shape index (κ1) is 48.6. The number of imidazole rings is 1. The third-order valence-electron chi connectivity index (χ3n) is 10.3. The number of amides is 7. The summed E-state index contributed by atoms with van der Waals surface area (Å²) < 4.78 is 7.82. The zero-order valence-corrected chi connectivity index (χ0v) is 37.6. The Balaban J connectivity index is 1.06. The molecule has 0 aliphatic rings. The fourth-order valence-corrected chi connectivity index (χ4v) is 6.88. The minimum atomic E-state index is -0.497. The van der Waals surface area contributed by atoms with E-state index in [2.05, 4.69) is 47.1 Å². The van der Waals surface area contributed by atoms with Gasteiger partial charge >= 0.3 is 0 Å². The summed E-state index contributed by atoms with van der Waals surface area (Å²) in [4.78, 5) is 96.0. The van der Waals surface area contributed by atoms with Gasteiger partial charge in [-0.05, 0) is 70.2 Å². The molecule has 22 heteroatoms. The van der Waals surface area contributed by atoms with Crippen LogP contribution >= 0.6 is 0 Å². The SMILES string of the molecule is CN(CCCN)CCCNC(=O)CCNC(=O)c1cc(NC(=O)c2cc(NC(=O)c3cc(NC(=O)c4cc(NC(=O)CCCNC(=O)c5nccn5C)cn4C)cn3C)cn2C)cn1C. The molecular weight excluding hydrogens is 839 g/mol. The molecule has 22 nitrogen and oxygen atoms in total. The summed E-state index contributed by atoms with van der Waals surface area (Å²) in [5.41, 5.74) is 8.01. The first-order chi connectivity index (χ1) is 31.0. The van der Waals surface area contributed by atoms with Gasteiger partial charge in [0.05, 0.1) is 22.7 Å². The number of aromatic nitrogens is 6. The lowest BCUT2D eigenvalue weighted by molar-refractivity contribution is -0.121. The molecule has 0 aromatic carbocycles. The van der Waals surface area contributed by atoms with Crippen molar-refractivity contribution in [2.45, 2.75) is 32.1 Å². The van der Waals surface area contributed by atoms with Crippen molar-refractivity contribution in [2.24, 2.45) is 41.0 Å². The summed E-state index contributed by atoms with van der Waals surface area (Å²) in [5.74, 6) is -2.36. The zero-order chi connectivity index (χ0) is 47.2. The number of nitrogens with zero attached hydrogens (tertiary/aromatic N) is 7. The van der Waals surface area contributed by atoms with Crippen LogP contribution in [0, 0.1) is 0 Å². The van der Waals surface area contributed by atoms with Crippen molar-refractivity contribution in [3.63, 3.8) is 0 Å². The predicted molar refractivity (Wildman–Crippen MR) is 245 cm³/mol. The molecule has 348 valence electrons. The number of nitrogens with two attached hydrogens (primary N) is 1. The summed E-state index contributed by atoms with van der Waals surface area (Å²) in [7, 11) is 10.3. The number of carbonyl (C=O) groups excluding carboxylic acids is 7. The highest BCUT2D eigenvalue weighted by Crippen LogP contribution is 2.21. The number of anilines is 4. The number of aryl methyl sites for hydroxylation is 5. The van der Waals surface area contributed by atoms with Crippen LogP contribution in [-0.4, -0.2) is 120 Å². The van der Waals surface area contributed by atoms with Gasteiger partial charge in [-0.3, -0.25) is 33.6 Å². The first-order valence-electron chi connectivity index (χ1n) is 21.1. The molecule has 9 N–H and O–H groups in total. The Morgan fingerprint density at radius 3 is 1.45 bits per heavy atom. The van der Waals surface area contributed by atoms with Gasteiger partial charge in [-0.2, -0.15) is 0 Å². The lowest BCUT2D eigenvalue weighted by Crippen LogP contribution is -2.33. The number of carbonyl (C=O) groups is 7. The van der Waals surface area contributed by atoms with Crippen molar-refractivity contribution in [3.8, 4) is 0 Å². The van der Waals surface area contributed by atoms with E-state index in [0.29, 0.717) is 42.3 Å². The van der Waals surface area contributed by atoms with Crippen LogP contribution in [0.25, 0.3) is 0 Å². The van der Waals surface area contributed by atoms with Gasteiger partial charge in [0.25, 0.3) is 29.5 Å². The van der Waals surface area contributed by atoms with Gasteiger partial charge in [0.2, 0.25) is 11.8 Å². The normalized spacial score (nSPS) is 11.0. The Morgan fingerprint density at radius 1 is 0.523 bits per heavy atom. The van der Waals surface area contributed by atoms with Crippen molar-refractivity contribution < 1.29 is 33.6 Å². The number of nitrogens with one attached hydrogen (secondary N) is 7. The molecule has 5 aromatic heterocycles. The molecule has 0 unspecified atom stereocenters. The fraction of sp³-hybridized carbons (Fsp3) is 0.395. The van der Waals surface area contributed by atoms with Crippen molar-refractivity contribution >= 4 is 64.1 Å². The molecule has 0 atom stereocenters. The lowest BCUT2D eigenvalue weighted by atomic mass is 10.3. The molecule has 0 aliphatic carbocycles. The molecule has 0 bridgehead atoms. The maximum Gasteiger partial charge on any atom is 0.287 e. The van der Waals surface area contributed by atoms with Gasteiger partial charge in [-0.15, -0.1) is 0 Å². The Kier molecular flexibility index (Phi) is 17.0. The molecule has 5 heterocycles. The molecule has 5 aromatic rings. The maximum atomic E-state index is 13.4. The molecule has 0 aliphatic heterocycles. The summed E-state index contributed by atoms with van der Waals surface area (Å²) in [6, 6.07) is 6.07. The highest BCUT2D eigenvalue weighted by atomic mass is 16.2. The summed E-state index contributed by atoms with van der Waals surface area (Å²) in [6.45, 7) is 3.36. The van der Waals surface area contributed by atoms with E-state index in [9.17, 15) is 33.6 Å². The molecule has 0 saturated carbocycles. The minimum absolute atomic E-state index is 0.122. The highest BCUT2D eigenvalue weighted by Gasteiger charge is 2.21. The summed E-state index contributed by atoms with van der Waals surface area (Å²) in [6.07, 6.45) is 11.9. The molecule has 0 spiro atoms. The van der Waals surface area contributed by atoms with E-state index >= 15 is 0 Å². The number of rotatable bonds is 23. The van der Waals surface area contributed by atoms with E-state index in [1.165, 1.54) is 30.5 Å². The third-order valence-corrected chi connectivity index (χ3v) is 10.3. The first-order valence-corrected chi connectivity index (χ1v) is 21.1. The van der Waals surface area contributed by atoms with Crippen LogP contribution in [0.4, 0.5) is 22.7 Å². The van der Waals surface area contributed by atoms with E-state index < -0.39 is 23.6 Å². The second-order valence-electron chi connectivity index (χ2n) is 15.7. The summed E-state index contributed by atoms with van der Waals surface area (Å²) >= 11 is 0. The molecule has 0 radical (unpaired) electrons. The molecule has 7 amide bonds. The second-order valence-corrected chi connectivity index (χ2v) is 15.7. The van der Waals surface area contributed by atoms with E-state index in [0.717, 1.165) is 25.9 Å². The van der Waals surface area contributed by atoms with Crippen LogP contribution in [0.2, 0.25) is 0 Å². The average molecular weight is 898 g/mol. The highest BCUT2D eigenvalue weighted by molar-refractivity contribution is 6.09. The van der Waals surface area contributed by atoms with Crippen LogP contribution in [0.5, 0.6) is 0 Å². The monoisotopic (exact) mass is 897 g/mol. The predicted octanol–water partition coefficient (Wildman–Crippen LogP) is 1.59. The topological polar surface area (TPSA) is 270 Å². The van der Waals surface area contributed by atoms with E-state index in [1.54, 1.807) is 89.1 Å². The average Bonchev–Trinajstić information content (AvgIpc) is 4.09. The fourth-order valence-electron chi connectivity index (χ4n) is 6.88. The van der Waals surface area contributed by atoms with Gasteiger partial charge in [-0.1, -0.05) is 0 Å². The van der Waals surface area contributed by atoms with E-state index in [-0.39, 0.29) is 72.3 Å². The van der Waals surface area contributed by atoms with Crippen LogP contribution in [0.1, 0.15) is 84.7 Å². The van der Waals surface area contributed by atoms with Crippen molar-refractivity contribution in [1.82, 2.24) is 48.7 Å². The minimum Gasteiger partial charge on any atom is -0.356 e. The summed E-state index contributed by atoms with van der Waals surface area (Å²) in [5, 5.41) is 19.5. The van der Waals surface area contributed by atoms with Gasteiger partial charge in [-0.25, -0.2) is 4.98 Å². The largest absolute Gasteiger partial charge is 0.356 e. The molecule has 0 fully saturated rings. The Labute approximate surface area is 376 Å². The van der Waals surface area contributed by atoms with Gasteiger partial charge in [0.1, 0.15) is 22.8 Å². The van der Waals surface area contributed by atoms with Crippen LogP contribution < -0.4 is 43.0 Å². The van der Waals surface area contributed by atoms with Gasteiger partial charge in [0.15, 0.2) is 5.82 Å². The standard InChI is InChI=1S/C43H59N15O7/c1-53(17-8-12-44)18-9-14-45-36(59)11-15-48-39(61)32-21-29(25-55(32)3)50-41(63)34-23-31(27-57(34)5)52-42(64)35-22-30(26-58(35)6)51-40(62)33-20-28(24-56(33)4)49-37(60)10-7-13-47-43(65)38-46-16-19-54(38)2/h16,19-27H,7-15,17-18,44H2,1-6H3,(H,45,59)(H,47,65)(H,48,61)(H,49,60)(H,50,63)(H,51,62)(H,52,64). The van der Waals surface area contributed by atoms with Crippen molar-refractivity contribution in [1.29, 1.82) is 0 Å². The van der Waals surface area contributed by atoms with Crippen molar-refractivity contribution in [2.75, 3.05) is 67.6 Å². The lowest BCUT2D eigenvalue weighted by Gasteiger charge is -2.15. The molecular formula is C43H59N15O7. The van der Waals surface area contributed by atoms with Crippen molar-refractivity contribution in [3.05, 3.63) is 90.0 Å². The Bertz CT molecular complexity index is 2510. The van der Waals surface area contributed by atoms with Gasteiger partial charge in [0, 0.05) is 105 Å². The quantitative estimate of drug-likeness (QED) is 0.0439. The second kappa shape index (κ2) is 22.8. The van der Waals surface area contributed by atoms with E-state index in [1.807, 2.05) is 7.05 Å². The van der Waals surface area contributed by atoms with Crippen LogP contribution in [0.15, 0.2) is 61.4 Å². The number of hydrogen-bond donors (Lipinski definition) is 8. The number of hydrogen-bond acceptors (Lipinski definition) is 10. The molecule has 0 saturated heterocycles.